The molecule has 0 heterocycles. The summed E-state index contributed by atoms with van der Waals surface area (Å²) >= 11 is 0. The van der Waals surface area contributed by atoms with Crippen LogP contribution in [0.15, 0.2) is 121 Å². The molecule has 0 aliphatic carbocycles. The van der Waals surface area contributed by atoms with Crippen molar-refractivity contribution in [2.24, 2.45) is 5.41 Å². The minimum atomic E-state index is -1.42. The zero-order valence-electron chi connectivity index (χ0n) is 21.7. The fourth-order valence-corrected chi connectivity index (χ4v) is 3.57. The highest BCUT2D eigenvalue weighted by Crippen LogP contribution is 2.43. The van der Waals surface area contributed by atoms with Crippen LogP contribution in [0.3, 0.4) is 0 Å². The molecule has 0 aromatic heterocycles. The summed E-state index contributed by atoms with van der Waals surface area (Å²) in [6, 6.07) is 35.1. The highest BCUT2D eigenvalue weighted by Gasteiger charge is 2.37. The van der Waals surface area contributed by atoms with E-state index < -0.39 is 35.3 Å². The van der Waals surface area contributed by atoms with E-state index in [0.717, 1.165) is 11.1 Å². The molecule has 0 aliphatic rings. The summed E-state index contributed by atoms with van der Waals surface area (Å²) in [5, 5.41) is 37.7. The number of rotatable bonds is 7. The number of Topliss-reactive ketones (excluding diaryl/α,β-unsaturated/α-hetero) is 1. The maximum absolute atomic E-state index is 10.7. The Labute approximate surface area is 227 Å². The number of benzene rings is 4. The van der Waals surface area contributed by atoms with E-state index in [4.69, 9.17) is 10.2 Å². The molecule has 4 aromatic carbocycles. The molecule has 7 heteroatoms. The highest BCUT2D eigenvalue weighted by atomic mass is 16.4. The number of carboxylic acids is 2. The number of aliphatic carboxylic acids is 1. The summed E-state index contributed by atoms with van der Waals surface area (Å²) in [5.41, 5.74) is 1.52. The summed E-state index contributed by atoms with van der Waals surface area (Å²) in [6.07, 6.45) is -1.44. The third kappa shape index (κ3) is 9.34. The number of carbonyl (C=O) groups is 3. The van der Waals surface area contributed by atoms with E-state index in [1.165, 1.54) is 12.1 Å². The predicted molar refractivity (Wildman–Crippen MR) is 148 cm³/mol. The van der Waals surface area contributed by atoms with E-state index in [1.807, 2.05) is 74.5 Å². The Kier molecular flexibility index (Phi) is 11.8. The van der Waals surface area contributed by atoms with Crippen LogP contribution in [-0.4, -0.2) is 38.1 Å². The molecule has 2 unspecified atom stereocenters. The average Bonchev–Trinajstić information content (AvgIpc) is 2.98. The molecular weight excluding hydrogens is 496 g/mol. The van der Waals surface area contributed by atoms with Gasteiger partial charge in [0.1, 0.15) is 0 Å². The average molecular weight is 529 g/mol. The molecule has 4 N–H and O–H groups in total. The molecule has 4 aromatic rings. The van der Waals surface area contributed by atoms with E-state index in [9.17, 15) is 24.6 Å². The number of hydrogen-bond donors (Lipinski definition) is 4. The Morgan fingerprint density at radius 3 is 1.13 bits per heavy atom. The standard InChI is InChI=1S/C17H20O2.C8H6O3.C7H6O2/c1-17(2,15(18)13-9-5-3-6-10-13)16(19)14-11-7-4-8-12-14;9-7(8(10)11)6-4-2-1-3-5-6;8-7(9)6-4-2-1-3-5-6/h3-12,15-16,18-19H,1-2H3;1-5H,(H,10,11);1-5H,(H,8,9). The molecule has 0 aliphatic heterocycles. The van der Waals surface area contributed by atoms with Crippen LogP contribution in [0.2, 0.25) is 0 Å². The van der Waals surface area contributed by atoms with Gasteiger partial charge in [0.15, 0.2) is 0 Å². The van der Waals surface area contributed by atoms with Crippen LogP contribution in [-0.2, 0) is 4.79 Å². The third-order valence-electron chi connectivity index (χ3n) is 5.89. The van der Waals surface area contributed by atoms with Crippen molar-refractivity contribution in [1.29, 1.82) is 0 Å². The topological polar surface area (TPSA) is 132 Å². The summed E-state index contributed by atoms with van der Waals surface area (Å²) in [5.74, 6) is -3.17. The smallest absolute Gasteiger partial charge is 0.377 e. The first-order valence-corrected chi connectivity index (χ1v) is 12.1. The van der Waals surface area contributed by atoms with Gasteiger partial charge in [-0.05, 0) is 23.3 Å². The van der Waals surface area contributed by atoms with Gasteiger partial charge in [-0.2, -0.15) is 0 Å². The molecule has 0 saturated heterocycles. The molecular formula is C32H32O7. The second-order valence-electron chi connectivity index (χ2n) is 9.12. The monoisotopic (exact) mass is 528 g/mol. The summed E-state index contributed by atoms with van der Waals surface area (Å²) < 4.78 is 0. The molecule has 39 heavy (non-hydrogen) atoms. The van der Waals surface area contributed by atoms with E-state index >= 15 is 0 Å². The van der Waals surface area contributed by atoms with Gasteiger partial charge in [-0.25, -0.2) is 9.59 Å². The SMILES string of the molecule is CC(C)(C(O)c1ccccc1)C(O)c1ccccc1.O=C(O)C(=O)c1ccccc1.O=C(O)c1ccccc1. The molecule has 7 nitrogen and oxygen atoms in total. The van der Waals surface area contributed by atoms with Crippen LogP contribution in [0.1, 0.15) is 57.9 Å². The molecule has 0 amide bonds. The van der Waals surface area contributed by atoms with Gasteiger partial charge in [0.05, 0.1) is 17.8 Å². The number of hydrogen-bond acceptors (Lipinski definition) is 5. The summed E-state index contributed by atoms with van der Waals surface area (Å²) in [6.45, 7) is 3.75. The van der Waals surface area contributed by atoms with Gasteiger partial charge in [-0.3, -0.25) is 4.79 Å². The van der Waals surface area contributed by atoms with Gasteiger partial charge in [-0.1, -0.05) is 123 Å². The molecule has 202 valence electrons. The van der Waals surface area contributed by atoms with Gasteiger partial charge in [0.25, 0.3) is 5.78 Å². The second kappa shape index (κ2) is 15.0. The number of aromatic carboxylic acids is 1. The Morgan fingerprint density at radius 2 is 0.846 bits per heavy atom. The summed E-state index contributed by atoms with van der Waals surface area (Å²) in [7, 11) is 0. The third-order valence-corrected chi connectivity index (χ3v) is 5.89. The lowest BCUT2D eigenvalue weighted by Gasteiger charge is -2.35. The lowest BCUT2D eigenvalue weighted by atomic mass is 9.75. The largest absolute Gasteiger partial charge is 0.478 e. The first-order valence-electron chi connectivity index (χ1n) is 12.1. The maximum Gasteiger partial charge on any atom is 0.377 e. The zero-order chi connectivity index (χ0) is 28.8. The highest BCUT2D eigenvalue weighted by molar-refractivity contribution is 6.39. The van der Waals surface area contributed by atoms with Gasteiger partial charge < -0.3 is 20.4 Å². The quantitative estimate of drug-likeness (QED) is 0.176. The summed E-state index contributed by atoms with van der Waals surface area (Å²) in [4.78, 5) is 31.1. The van der Waals surface area contributed by atoms with Crippen molar-refractivity contribution >= 4 is 17.7 Å². The van der Waals surface area contributed by atoms with Crippen molar-refractivity contribution in [2.75, 3.05) is 0 Å². The number of aliphatic hydroxyl groups is 2. The van der Waals surface area contributed by atoms with Crippen LogP contribution in [0.25, 0.3) is 0 Å². The minimum Gasteiger partial charge on any atom is -0.478 e. The Morgan fingerprint density at radius 1 is 0.538 bits per heavy atom. The van der Waals surface area contributed by atoms with Gasteiger partial charge in [0, 0.05) is 11.0 Å². The Hall–Kier alpha value is -4.59. The number of ketones is 1. The van der Waals surface area contributed by atoms with E-state index in [0.29, 0.717) is 5.56 Å². The molecule has 0 fully saturated rings. The van der Waals surface area contributed by atoms with E-state index in [1.54, 1.807) is 48.5 Å². The second-order valence-corrected chi connectivity index (χ2v) is 9.12. The number of aliphatic hydroxyl groups excluding tert-OH is 2. The molecule has 0 spiro atoms. The molecule has 0 radical (unpaired) electrons. The zero-order valence-corrected chi connectivity index (χ0v) is 21.7. The van der Waals surface area contributed by atoms with Gasteiger partial charge in [-0.15, -0.1) is 0 Å². The van der Waals surface area contributed by atoms with Crippen molar-refractivity contribution in [3.05, 3.63) is 144 Å². The first-order chi connectivity index (χ1) is 18.6. The number of carbonyl (C=O) groups excluding carboxylic acids is 1. The van der Waals surface area contributed by atoms with Crippen molar-refractivity contribution in [1.82, 2.24) is 0 Å². The van der Waals surface area contributed by atoms with Crippen LogP contribution in [0, 0.1) is 5.41 Å². The molecule has 0 bridgehead atoms. The van der Waals surface area contributed by atoms with Gasteiger partial charge in [0.2, 0.25) is 0 Å². The van der Waals surface area contributed by atoms with Crippen LogP contribution >= 0.6 is 0 Å². The molecule has 2 atom stereocenters. The first kappa shape index (κ1) is 30.6. The van der Waals surface area contributed by atoms with Gasteiger partial charge >= 0.3 is 11.9 Å². The van der Waals surface area contributed by atoms with Crippen LogP contribution < -0.4 is 0 Å². The fourth-order valence-electron chi connectivity index (χ4n) is 3.57. The minimum absolute atomic E-state index is 0.208. The van der Waals surface area contributed by atoms with Crippen LogP contribution in [0.4, 0.5) is 0 Å². The normalized spacial score (nSPS) is 11.9. The fraction of sp³-hybridized carbons (Fsp3) is 0.156. The van der Waals surface area contributed by atoms with Crippen molar-refractivity contribution in [2.45, 2.75) is 26.1 Å². The Bertz CT molecular complexity index is 1260. The van der Waals surface area contributed by atoms with Crippen molar-refractivity contribution in [3.63, 3.8) is 0 Å². The predicted octanol–water partition coefficient (Wildman–Crippen LogP) is 5.82. The number of carboxylic acid groups (broad SMARTS) is 2. The van der Waals surface area contributed by atoms with E-state index in [-0.39, 0.29) is 5.56 Å². The lowest BCUT2D eigenvalue weighted by Crippen LogP contribution is -2.29. The lowest BCUT2D eigenvalue weighted by molar-refractivity contribution is -0.131. The van der Waals surface area contributed by atoms with Crippen molar-refractivity contribution < 1.29 is 34.8 Å². The van der Waals surface area contributed by atoms with Crippen LogP contribution in [0.5, 0.6) is 0 Å². The Balaban J connectivity index is 0.000000226. The maximum atomic E-state index is 10.7. The van der Waals surface area contributed by atoms with Crippen molar-refractivity contribution in [3.8, 4) is 0 Å². The van der Waals surface area contributed by atoms with E-state index in [2.05, 4.69) is 0 Å². The molecule has 0 saturated carbocycles. The molecule has 4 rings (SSSR count).